The smallest absolute Gasteiger partial charge is 0.220 e. The molecule has 2 amide bonds. The van der Waals surface area contributed by atoms with E-state index in [4.69, 9.17) is 0 Å². The number of carbonyl (C=O) groups excluding carboxylic acids is 3. The van der Waals surface area contributed by atoms with Crippen LogP contribution in [0.5, 0.6) is 0 Å². The molecule has 0 unspecified atom stereocenters. The van der Waals surface area contributed by atoms with E-state index >= 15 is 0 Å². The third kappa shape index (κ3) is 6.63. The van der Waals surface area contributed by atoms with E-state index in [2.05, 4.69) is 10.6 Å². The largest absolute Gasteiger partial charge is 0.355 e. The van der Waals surface area contributed by atoms with E-state index in [1.54, 1.807) is 0 Å². The molecule has 1 aromatic carbocycles. The molecule has 0 aliphatic carbocycles. The van der Waals surface area contributed by atoms with Crippen LogP contribution in [0.2, 0.25) is 0 Å². The molecule has 0 fully saturated rings. The molecule has 0 aromatic heterocycles. The Morgan fingerprint density at radius 2 is 1.48 bits per heavy atom. The molecule has 0 aliphatic rings. The first-order chi connectivity index (χ1) is 10.8. The number of aryl methyl sites for hydroxylation is 3. The Balaban J connectivity index is 2.37. The van der Waals surface area contributed by atoms with Gasteiger partial charge in [0.15, 0.2) is 5.78 Å². The molecule has 0 saturated heterocycles. The summed E-state index contributed by atoms with van der Waals surface area (Å²) < 4.78 is 0. The van der Waals surface area contributed by atoms with Gasteiger partial charge in [-0.15, -0.1) is 0 Å². The van der Waals surface area contributed by atoms with Crippen LogP contribution >= 0.6 is 0 Å². The zero-order valence-corrected chi connectivity index (χ0v) is 14.4. The van der Waals surface area contributed by atoms with Crippen molar-refractivity contribution in [3.63, 3.8) is 0 Å². The van der Waals surface area contributed by atoms with Crippen LogP contribution in [0.1, 0.15) is 53.2 Å². The maximum atomic E-state index is 12.3. The summed E-state index contributed by atoms with van der Waals surface area (Å²) in [6.45, 7) is 8.16. The zero-order chi connectivity index (χ0) is 17.4. The summed E-state index contributed by atoms with van der Waals surface area (Å²) in [6, 6.07) is 4.02. The van der Waals surface area contributed by atoms with Gasteiger partial charge in [0.05, 0.1) is 0 Å². The molecule has 0 heterocycles. The van der Waals surface area contributed by atoms with Gasteiger partial charge in [0.2, 0.25) is 11.8 Å². The van der Waals surface area contributed by atoms with E-state index in [0.29, 0.717) is 32.4 Å². The van der Waals surface area contributed by atoms with E-state index in [-0.39, 0.29) is 17.6 Å². The molecule has 5 nitrogen and oxygen atoms in total. The molecule has 5 heteroatoms. The van der Waals surface area contributed by atoms with Crippen LogP contribution in [0.15, 0.2) is 12.1 Å². The van der Waals surface area contributed by atoms with Crippen LogP contribution in [0, 0.1) is 20.8 Å². The van der Waals surface area contributed by atoms with Crippen LogP contribution in [-0.2, 0) is 9.59 Å². The number of nitrogens with one attached hydrogen (secondary N) is 2. The number of hydrogen-bond acceptors (Lipinski definition) is 3. The lowest BCUT2D eigenvalue weighted by Crippen LogP contribution is -2.33. The number of amides is 2. The Hall–Kier alpha value is -2.17. The second-order valence-corrected chi connectivity index (χ2v) is 5.88. The molecule has 0 atom stereocenters. The Kier molecular flexibility index (Phi) is 7.45. The van der Waals surface area contributed by atoms with Gasteiger partial charge in [-0.2, -0.15) is 0 Å². The normalized spacial score (nSPS) is 10.3. The minimum Gasteiger partial charge on any atom is -0.355 e. The molecule has 2 N–H and O–H groups in total. The summed E-state index contributed by atoms with van der Waals surface area (Å²) in [5.41, 5.74) is 3.91. The Bertz CT molecular complexity index is 571. The fourth-order valence-electron chi connectivity index (χ4n) is 2.68. The number of hydrogen-bond donors (Lipinski definition) is 2. The van der Waals surface area contributed by atoms with Gasteiger partial charge in [0.25, 0.3) is 0 Å². The van der Waals surface area contributed by atoms with Gasteiger partial charge in [-0.25, -0.2) is 0 Å². The highest BCUT2D eigenvalue weighted by atomic mass is 16.2. The lowest BCUT2D eigenvalue weighted by molar-refractivity contribution is -0.122. The quantitative estimate of drug-likeness (QED) is 0.570. The number of ketones is 1. The van der Waals surface area contributed by atoms with Crippen molar-refractivity contribution in [2.45, 2.75) is 47.0 Å². The lowest BCUT2D eigenvalue weighted by Gasteiger charge is -2.10. The molecular weight excluding hydrogens is 292 g/mol. The Labute approximate surface area is 137 Å². The second-order valence-electron chi connectivity index (χ2n) is 5.88. The molecule has 0 bridgehead atoms. The van der Waals surface area contributed by atoms with E-state index in [1.807, 2.05) is 32.9 Å². The molecule has 0 saturated carbocycles. The summed E-state index contributed by atoms with van der Waals surface area (Å²) in [7, 11) is 0. The van der Waals surface area contributed by atoms with Gasteiger partial charge in [-0.05, 0) is 38.3 Å². The van der Waals surface area contributed by atoms with Crippen LogP contribution in [0.4, 0.5) is 0 Å². The minimum atomic E-state index is -0.117. The molecule has 0 aliphatic heterocycles. The third-order valence-electron chi connectivity index (χ3n) is 3.58. The van der Waals surface area contributed by atoms with Gasteiger partial charge < -0.3 is 10.6 Å². The average Bonchev–Trinajstić information content (AvgIpc) is 2.42. The summed E-state index contributed by atoms with van der Waals surface area (Å²) in [5.74, 6) is -0.125. The van der Waals surface area contributed by atoms with E-state index < -0.39 is 0 Å². The first kappa shape index (κ1) is 18.9. The molecule has 126 valence electrons. The average molecular weight is 318 g/mol. The maximum absolute atomic E-state index is 12.3. The molecule has 0 spiro atoms. The fourth-order valence-corrected chi connectivity index (χ4v) is 2.68. The van der Waals surface area contributed by atoms with Gasteiger partial charge >= 0.3 is 0 Å². The molecule has 1 rings (SSSR count). The van der Waals surface area contributed by atoms with Crippen LogP contribution in [-0.4, -0.2) is 30.7 Å². The van der Waals surface area contributed by atoms with Gasteiger partial charge in [-0.1, -0.05) is 17.7 Å². The van der Waals surface area contributed by atoms with Crippen molar-refractivity contribution in [2.75, 3.05) is 13.1 Å². The van der Waals surface area contributed by atoms with Crippen molar-refractivity contribution in [2.24, 2.45) is 0 Å². The number of rotatable bonds is 8. The first-order valence-corrected chi connectivity index (χ1v) is 7.93. The van der Waals surface area contributed by atoms with Gasteiger partial charge in [0.1, 0.15) is 0 Å². The van der Waals surface area contributed by atoms with Crippen molar-refractivity contribution in [3.8, 4) is 0 Å². The predicted octanol–water partition coefficient (Wildman–Crippen LogP) is 2.22. The van der Waals surface area contributed by atoms with Gasteiger partial charge in [-0.3, -0.25) is 14.4 Å². The number of carbonyl (C=O) groups is 3. The maximum Gasteiger partial charge on any atom is 0.220 e. The van der Waals surface area contributed by atoms with Crippen LogP contribution < -0.4 is 10.6 Å². The zero-order valence-electron chi connectivity index (χ0n) is 14.4. The summed E-state index contributed by atoms with van der Waals surface area (Å²) in [6.07, 6.45) is 1.21. The standard InChI is InChI=1S/C18H26N2O3/c1-12-10-13(2)18(14(3)11-12)16(22)6-5-7-17(23)20-9-8-19-15(4)21/h10-11H,5-9H2,1-4H3,(H,19,21)(H,20,23). The van der Waals surface area contributed by atoms with E-state index in [0.717, 1.165) is 22.3 Å². The number of benzene rings is 1. The molecule has 23 heavy (non-hydrogen) atoms. The first-order valence-electron chi connectivity index (χ1n) is 7.93. The minimum absolute atomic E-state index is 0.0889. The van der Waals surface area contributed by atoms with E-state index in [9.17, 15) is 14.4 Å². The third-order valence-corrected chi connectivity index (χ3v) is 3.58. The highest BCUT2D eigenvalue weighted by molar-refractivity contribution is 5.99. The van der Waals surface area contributed by atoms with Crippen molar-refractivity contribution in [3.05, 3.63) is 34.4 Å². The molecule has 1 aromatic rings. The Morgan fingerprint density at radius 1 is 0.913 bits per heavy atom. The SMILES string of the molecule is CC(=O)NCCNC(=O)CCCC(=O)c1c(C)cc(C)cc1C. The molecular formula is C18H26N2O3. The van der Waals surface area contributed by atoms with Gasteiger partial charge in [0, 0.05) is 38.4 Å². The van der Waals surface area contributed by atoms with Crippen LogP contribution in [0.25, 0.3) is 0 Å². The predicted molar refractivity (Wildman–Crippen MR) is 90.5 cm³/mol. The fraction of sp³-hybridized carbons (Fsp3) is 0.500. The topological polar surface area (TPSA) is 75.3 Å². The van der Waals surface area contributed by atoms with Crippen molar-refractivity contribution >= 4 is 17.6 Å². The summed E-state index contributed by atoms with van der Waals surface area (Å²) in [5, 5.41) is 5.32. The Morgan fingerprint density at radius 3 is 2.04 bits per heavy atom. The summed E-state index contributed by atoms with van der Waals surface area (Å²) in [4.78, 5) is 34.7. The van der Waals surface area contributed by atoms with Crippen molar-refractivity contribution in [1.29, 1.82) is 0 Å². The monoisotopic (exact) mass is 318 g/mol. The second kappa shape index (κ2) is 9.08. The molecule has 0 radical (unpaired) electrons. The van der Waals surface area contributed by atoms with Crippen LogP contribution in [0.3, 0.4) is 0 Å². The number of Topliss-reactive ketones (excluding diaryl/α,β-unsaturated/α-hetero) is 1. The summed E-state index contributed by atoms with van der Waals surface area (Å²) >= 11 is 0. The highest BCUT2D eigenvalue weighted by Gasteiger charge is 2.13. The van der Waals surface area contributed by atoms with Crippen molar-refractivity contribution in [1.82, 2.24) is 10.6 Å². The lowest BCUT2D eigenvalue weighted by atomic mass is 9.94. The van der Waals surface area contributed by atoms with Crippen molar-refractivity contribution < 1.29 is 14.4 Å². The van der Waals surface area contributed by atoms with E-state index in [1.165, 1.54) is 6.92 Å². The highest BCUT2D eigenvalue weighted by Crippen LogP contribution is 2.19.